The number of aliphatic hydroxyl groups is 1. The maximum Gasteiger partial charge on any atom is 0.251 e. The monoisotopic (exact) mass is 346 g/mol. The van der Waals surface area contributed by atoms with Gasteiger partial charge in [0, 0.05) is 17.1 Å². The van der Waals surface area contributed by atoms with E-state index in [1.165, 1.54) is 6.07 Å². The summed E-state index contributed by atoms with van der Waals surface area (Å²) < 4.78 is 0. The Labute approximate surface area is 145 Å². The molecule has 1 atom stereocenters. The molecule has 0 heterocycles. The molecule has 0 saturated heterocycles. The van der Waals surface area contributed by atoms with Gasteiger partial charge in [-0.2, -0.15) is 0 Å². The van der Waals surface area contributed by atoms with Gasteiger partial charge in [-0.15, -0.1) is 0 Å². The van der Waals surface area contributed by atoms with Gasteiger partial charge in [-0.1, -0.05) is 41.9 Å². The fourth-order valence-corrected chi connectivity index (χ4v) is 2.43. The van der Waals surface area contributed by atoms with Gasteiger partial charge in [0.15, 0.2) is 0 Å². The largest absolute Gasteiger partial charge is 0.387 e. The number of amides is 2. The van der Waals surface area contributed by atoms with E-state index in [1.54, 1.807) is 18.2 Å². The molecule has 0 radical (unpaired) electrons. The van der Waals surface area contributed by atoms with E-state index in [2.05, 4.69) is 10.6 Å². The summed E-state index contributed by atoms with van der Waals surface area (Å²) in [6.45, 7) is 1.80. The van der Waals surface area contributed by atoms with Gasteiger partial charge in [0.05, 0.1) is 12.6 Å². The standard InChI is InChI=1S/C18H19ClN2O3/c1-12-5-2-3-8-15(12)16(22)10-20-17(23)11-21-18(24)13-6-4-7-14(19)9-13/h2-9,16,22H,10-11H2,1H3,(H,20,23)(H,21,24). The van der Waals surface area contributed by atoms with Crippen LogP contribution in [0.5, 0.6) is 0 Å². The summed E-state index contributed by atoms with van der Waals surface area (Å²) in [5.74, 6) is -0.759. The normalized spacial score (nSPS) is 11.6. The van der Waals surface area contributed by atoms with Crippen LogP contribution in [-0.4, -0.2) is 30.0 Å². The maximum absolute atomic E-state index is 11.9. The smallest absolute Gasteiger partial charge is 0.251 e. The summed E-state index contributed by atoms with van der Waals surface area (Å²) in [6, 6.07) is 13.9. The summed E-state index contributed by atoms with van der Waals surface area (Å²) in [5.41, 5.74) is 2.10. The zero-order valence-electron chi connectivity index (χ0n) is 13.3. The van der Waals surface area contributed by atoms with E-state index < -0.39 is 6.10 Å². The Kier molecular flexibility index (Phi) is 6.35. The van der Waals surface area contributed by atoms with Gasteiger partial charge >= 0.3 is 0 Å². The average molecular weight is 347 g/mol. The molecule has 2 amide bonds. The number of hydrogen-bond acceptors (Lipinski definition) is 3. The van der Waals surface area contributed by atoms with E-state index >= 15 is 0 Å². The first-order valence-corrected chi connectivity index (χ1v) is 7.89. The molecule has 0 fully saturated rings. The second-order valence-electron chi connectivity index (χ2n) is 5.37. The zero-order chi connectivity index (χ0) is 17.5. The van der Waals surface area contributed by atoms with Crippen LogP contribution < -0.4 is 10.6 Å². The van der Waals surface area contributed by atoms with Crippen molar-refractivity contribution in [2.75, 3.05) is 13.1 Å². The van der Waals surface area contributed by atoms with Crippen molar-refractivity contribution in [1.82, 2.24) is 10.6 Å². The third-order valence-electron chi connectivity index (χ3n) is 3.54. The molecule has 2 rings (SSSR count). The lowest BCUT2D eigenvalue weighted by Crippen LogP contribution is -2.38. The number of aryl methyl sites for hydroxylation is 1. The molecule has 24 heavy (non-hydrogen) atoms. The van der Waals surface area contributed by atoms with Gasteiger partial charge in [0.1, 0.15) is 0 Å². The predicted octanol–water partition coefficient (Wildman–Crippen LogP) is 2.23. The van der Waals surface area contributed by atoms with Gasteiger partial charge in [-0.05, 0) is 36.2 Å². The van der Waals surface area contributed by atoms with Gasteiger partial charge in [-0.3, -0.25) is 9.59 Å². The van der Waals surface area contributed by atoms with Crippen molar-refractivity contribution in [1.29, 1.82) is 0 Å². The Bertz CT molecular complexity index is 734. The maximum atomic E-state index is 11.9. The Balaban J connectivity index is 1.79. The van der Waals surface area contributed by atoms with Crippen LogP contribution in [0.3, 0.4) is 0 Å². The van der Waals surface area contributed by atoms with Crippen LogP contribution >= 0.6 is 11.6 Å². The molecule has 0 spiro atoms. The molecular formula is C18H19ClN2O3. The highest BCUT2D eigenvalue weighted by molar-refractivity contribution is 6.30. The van der Waals surface area contributed by atoms with Crippen LogP contribution in [0.25, 0.3) is 0 Å². The third-order valence-corrected chi connectivity index (χ3v) is 3.77. The lowest BCUT2D eigenvalue weighted by Gasteiger charge is -2.14. The molecule has 1 unspecified atom stereocenters. The van der Waals surface area contributed by atoms with Gasteiger partial charge in [-0.25, -0.2) is 0 Å². The Hall–Kier alpha value is -2.37. The Morgan fingerprint density at radius 1 is 1.12 bits per heavy atom. The summed E-state index contributed by atoms with van der Waals surface area (Å²) in [5, 5.41) is 15.7. The minimum atomic E-state index is -0.793. The SMILES string of the molecule is Cc1ccccc1C(O)CNC(=O)CNC(=O)c1cccc(Cl)c1. The van der Waals surface area contributed by atoms with Gasteiger partial charge < -0.3 is 15.7 Å². The predicted molar refractivity (Wildman–Crippen MR) is 92.9 cm³/mol. The number of carbonyl (C=O) groups is 2. The lowest BCUT2D eigenvalue weighted by molar-refractivity contribution is -0.120. The summed E-state index contributed by atoms with van der Waals surface area (Å²) in [4.78, 5) is 23.7. The number of halogens is 1. The Morgan fingerprint density at radius 2 is 1.88 bits per heavy atom. The summed E-state index contributed by atoms with van der Waals surface area (Å²) >= 11 is 5.82. The summed E-state index contributed by atoms with van der Waals surface area (Å²) in [6.07, 6.45) is -0.793. The van der Waals surface area contributed by atoms with Crippen LogP contribution in [0.1, 0.15) is 27.6 Å². The second kappa shape index (κ2) is 8.47. The number of aliphatic hydroxyl groups excluding tert-OH is 1. The fraction of sp³-hybridized carbons (Fsp3) is 0.222. The molecule has 2 aromatic rings. The first kappa shape index (κ1) is 18.0. The number of benzene rings is 2. The minimum Gasteiger partial charge on any atom is -0.387 e. The molecule has 3 N–H and O–H groups in total. The third kappa shape index (κ3) is 5.08. The molecule has 5 nitrogen and oxygen atoms in total. The molecule has 0 aliphatic heterocycles. The van der Waals surface area contributed by atoms with Crippen LogP contribution in [0.4, 0.5) is 0 Å². The van der Waals surface area contributed by atoms with Crippen LogP contribution in [-0.2, 0) is 4.79 Å². The quantitative estimate of drug-likeness (QED) is 0.750. The van der Waals surface area contributed by atoms with Crippen molar-refractivity contribution >= 4 is 23.4 Å². The van der Waals surface area contributed by atoms with E-state index in [4.69, 9.17) is 11.6 Å². The van der Waals surface area contributed by atoms with Crippen molar-refractivity contribution in [3.05, 3.63) is 70.2 Å². The Morgan fingerprint density at radius 3 is 2.58 bits per heavy atom. The lowest BCUT2D eigenvalue weighted by atomic mass is 10.0. The van der Waals surface area contributed by atoms with E-state index in [0.29, 0.717) is 10.6 Å². The number of rotatable bonds is 6. The van der Waals surface area contributed by atoms with Crippen molar-refractivity contribution in [3.63, 3.8) is 0 Å². The average Bonchev–Trinajstić information content (AvgIpc) is 2.58. The topological polar surface area (TPSA) is 78.4 Å². The minimum absolute atomic E-state index is 0.0801. The molecule has 0 bridgehead atoms. The van der Waals surface area contributed by atoms with Crippen molar-refractivity contribution in [2.45, 2.75) is 13.0 Å². The molecule has 2 aromatic carbocycles. The molecule has 6 heteroatoms. The first-order valence-electron chi connectivity index (χ1n) is 7.51. The van der Waals surface area contributed by atoms with E-state index in [1.807, 2.05) is 31.2 Å². The van der Waals surface area contributed by atoms with E-state index in [9.17, 15) is 14.7 Å². The van der Waals surface area contributed by atoms with Crippen LogP contribution in [0, 0.1) is 6.92 Å². The van der Waals surface area contributed by atoms with Crippen LogP contribution in [0.15, 0.2) is 48.5 Å². The van der Waals surface area contributed by atoms with Gasteiger partial charge in [0.2, 0.25) is 5.91 Å². The van der Waals surface area contributed by atoms with Gasteiger partial charge in [0.25, 0.3) is 5.91 Å². The highest BCUT2D eigenvalue weighted by atomic mass is 35.5. The zero-order valence-corrected chi connectivity index (χ0v) is 14.0. The highest BCUT2D eigenvalue weighted by Crippen LogP contribution is 2.16. The van der Waals surface area contributed by atoms with Crippen molar-refractivity contribution in [3.8, 4) is 0 Å². The van der Waals surface area contributed by atoms with Crippen molar-refractivity contribution in [2.24, 2.45) is 0 Å². The number of carbonyl (C=O) groups excluding carboxylic acids is 2. The molecule has 0 saturated carbocycles. The molecule has 0 aromatic heterocycles. The van der Waals surface area contributed by atoms with E-state index in [-0.39, 0.29) is 24.9 Å². The number of nitrogens with one attached hydrogen (secondary N) is 2. The second-order valence-corrected chi connectivity index (χ2v) is 5.81. The molecular weight excluding hydrogens is 328 g/mol. The fourth-order valence-electron chi connectivity index (χ4n) is 2.24. The first-order chi connectivity index (χ1) is 11.5. The van der Waals surface area contributed by atoms with E-state index in [0.717, 1.165) is 11.1 Å². The molecule has 0 aliphatic carbocycles. The molecule has 0 aliphatic rings. The highest BCUT2D eigenvalue weighted by Gasteiger charge is 2.12. The molecule has 126 valence electrons. The summed E-state index contributed by atoms with van der Waals surface area (Å²) in [7, 11) is 0. The number of hydrogen-bond donors (Lipinski definition) is 3. The van der Waals surface area contributed by atoms with Crippen molar-refractivity contribution < 1.29 is 14.7 Å². The van der Waals surface area contributed by atoms with Crippen LogP contribution in [0.2, 0.25) is 5.02 Å².